The van der Waals surface area contributed by atoms with Crippen molar-refractivity contribution in [3.05, 3.63) is 0 Å². The number of nitrogens with one attached hydrogen (secondary N) is 1. The minimum absolute atomic E-state index is 0.0614. The van der Waals surface area contributed by atoms with Gasteiger partial charge in [-0.2, -0.15) is 0 Å². The monoisotopic (exact) mass is 343 g/mol. The number of carbonyl (C=O) groups excluding carboxylic acids is 1. The fraction of sp³-hybridized carbons (Fsp3) is 0.941. The molecule has 140 valence electrons. The Morgan fingerprint density at radius 1 is 1.46 bits per heavy atom. The number of rotatable bonds is 3. The first-order valence-corrected chi connectivity index (χ1v) is 8.81. The SMILES string of the molecule is C[C@@H]1CN[C@@H](CN2CCOCC2(C)CO)CN1C(=O)OC(C)(C)C. The van der Waals surface area contributed by atoms with Crippen LogP contribution in [0, 0.1) is 0 Å². The van der Waals surface area contributed by atoms with Gasteiger partial charge in [0.1, 0.15) is 5.60 Å². The highest BCUT2D eigenvalue weighted by molar-refractivity contribution is 5.68. The number of aliphatic hydroxyl groups is 1. The number of hydrogen-bond donors (Lipinski definition) is 2. The third-order valence-corrected chi connectivity index (χ3v) is 4.74. The lowest BCUT2D eigenvalue weighted by atomic mass is 9.99. The highest BCUT2D eigenvalue weighted by Crippen LogP contribution is 2.21. The molecule has 2 heterocycles. The van der Waals surface area contributed by atoms with Gasteiger partial charge in [-0.05, 0) is 34.6 Å². The first-order chi connectivity index (χ1) is 11.1. The van der Waals surface area contributed by atoms with Gasteiger partial charge >= 0.3 is 6.09 Å². The van der Waals surface area contributed by atoms with Gasteiger partial charge in [-0.15, -0.1) is 0 Å². The van der Waals surface area contributed by atoms with Crippen LogP contribution in [0.25, 0.3) is 0 Å². The second kappa shape index (κ2) is 7.56. The second-order valence-corrected chi connectivity index (χ2v) is 8.24. The summed E-state index contributed by atoms with van der Waals surface area (Å²) in [6, 6.07) is 0.253. The zero-order valence-electron chi connectivity index (χ0n) is 15.7. The fourth-order valence-electron chi connectivity index (χ4n) is 3.18. The molecule has 1 amide bonds. The largest absolute Gasteiger partial charge is 0.444 e. The minimum Gasteiger partial charge on any atom is -0.444 e. The Labute approximate surface area is 145 Å². The van der Waals surface area contributed by atoms with Crippen molar-refractivity contribution in [2.75, 3.05) is 46.0 Å². The molecule has 2 rings (SSSR count). The lowest BCUT2D eigenvalue weighted by Crippen LogP contribution is -2.65. The summed E-state index contributed by atoms with van der Waals surface area (Å²) >= 11 is 0. The molecular formula is C17H33N3O4. The fourth-order valence-corrected chi connectivity index (χ4v) is 3.18. The number of amides is 1. The van der Waals surface area contributed by atoms with E-state index >= 15 is 0 Å². The molecule has 2 aliphatic heterocycles. The van der Waals surface area contributed by atoms with Gasteiger partial charge in [0, 0.05) is 38.3 Å². The molecule has 24 heavy (non-hydrogen) atoms. The summed E-state index contributed by atoms with van der Waals surface area (Å²) in [6.45, 7) is 13.9. The maximum atomic E-state index is 12.4. The molecule has 3 atom stereocenters. The van der Waals surface area contributed by atoms with Gasteiger partial charge in [0.2, 0.25) is 0 Å². The normalized spacial score (nSPS) is 32.7. The Morgan fingerprint density at radius 2 is 2.17 bits per heavy atom. The Hall–Kier alpha value is -0.890. The van der Waals surface area contributed by atoms with E-state index in [9.17, 15) is 9.90 Å². The van der Waals surface area contributed by atoms with Gasteiger partial charge in [0.05, 0.1) is 25.4 Å². The predicted molar refractivity (Wildman–Crippen MR) is 92.1 cm³/mol. The third kappa shape index (κ3) is 4.81. The molecule has 0 aliphatic carbocycles. The van der Waals surface area contributed by atoms with Crippen molar-refractivity contribution in [1.29, 1.82) is 0 Å². The Morgan fingerprint density at radius 3 is 2.79 bits per heavy atom. The van der Waals surface area contributed by atoms with Crippen molar-refractivity contribution in [2.24, 2.45) is 0 Å². The maximum Gasteiger partial charge on any atom is 0.410 e. The van der Waals surface area contributed by atoms with Crippen LogP contribution in [0.2, 0.25) is 0 Å². The summed E-state index contributed by atoms with van der Waals surface area (Å²) in [4.78, 5) is 16.5. The molecule has 0 saturated carbocycles. The number of morpholine rings is 1. The molecule has 0 radical (unpaired) electrons. The molecule has 1 unspecified atom stereocenters. The first-order valence-electron chi connectivity index (χ1n) is 8.81. The summed E-state index contributed by atoms with van der Waals surface area (Å²) in [5, 5.41) is 13.2. The van der Waals surface area contributed by atoms with Gasteiger partial charge < -0.3 is 24.8 Å². The highest BCUT2D eigenvalue weighted by atomic mass is 16.6. The van der Waals surface area contributed by atoms with E-state index in [-0.39, 0.29) is 30.3 Å². The second-order valence-electron chi connectivity index (χ2n) is 8.24. The Bertz CT molecular complexity index is 440. The molecular weight excluding hydrogens is 310 g/mol. The number of aliphatic hydroxyl groups excluding tert-OH is 1. The van der Waals surface area contributed by atoms with Crippen LogP contribution < -0.4 is 5.32 Å². The molecule has 0 aromatic carbocycles. The Balaban J connectivity index is 1.98. The topological polar surface area (TPSA) is 74.3 Å². The zero-order chi connectivity index (χ0) is 18.0. The van der Waals surface area contributed by atoms with E-state index in [0.717, 1.165) is 19.6 Å². The quantitative estimate of drug-likeness (QED) is 0.784. The van der Waals surface area contributed by atoms with Crippen molar-refractivity contribution < 1.29 is 19.4 Å². The van der Waals surface area contributed by atoms with Crippen molar-refractivity contribution >= 4 is 6.09 Å². The minimum atomic E-state index is -0.489. The van der Waals surface area contributed by atoms with E-state index < -0.39 is 5.60 Å². The van der Waals surface area contributed by atoms with E-state index in [1.165, 1.54) is 0 Å². The average Bonchev–Trinajstić information content (AvgIpc) is 2.49. The lowest BCUT2D eigenvalue weighted by Gasteiger charge is -2.47. The summed E-state index contributed by atoms with van der Waals surface area (Å²) in [5.74, 6) is 0. The molecule has 2 saturated heterocycles. The number of nitrogens with zero attached hydrogens (tertiary/aromatic N) is 2. The number of piperazine rings is 1. The van der Waals surface area contributed by atoms with Crippen LogP contribution in [0.3, 0.4) is 0 Å². The van der Waals surface area contributed by atoms with Crippen LogP contribution in [0.5, 0.6) is 0 Å². The highest BCUT2D eigenvalue weighted by Gasteiger charge is 2.38. The smallest absolute Gasteiger partial charge is 0.410 e. The summed E-state index contributed by atoms with van der Waals surface area (Å²) in [5.41, 5.74) is -0.851. The van der Waals surface area contributed by atoms with Crippen LogP contribution in [-0.2, 0) is 9.47 Å². The van der Waals surface area contributed by atoms with Crippen molar-refractivity contribution in [2.45, 2.75) is 57.8 Å². The van der Waals surface area contributed by atoms with Crippen molar-refractivity contribution in [3.8, 4) is 0 Å². The van der Waals surface area contributed by atoms with Crippen LogP contribution in [0.4, 0.5) is 4.79 Å². The van der Waals surface area contributed by atoms with Gasteiger partial charge in [0.15, 0.2) is 0 Å². The van der Waals surface area contributed by atoms with E-state index in [2.05, 4.69) is 10.2 Å². The van der Waals surface area contributed by atoms with Gasteiger partial charge in [-0.25, -0.2) is 4.79 Å². The molecule has 7 heteroatoms. The summed E-state index contributed by atoms with van der Waals surface area (Å²) in [7, 11) is 0. The molecule has 0 aromatic rings. The third-order valence-electron chi connectivity index (χ3n) is 4.74. The molecule has 0 spiro atoms. The Kier molecular flexibility index (Phi) is 6.12. The average molecular weight is 343 g/mol. The molecule has 0 bridgehead atoms. The van der Waals surface area contributed by atoms with E-state index in [0.29, 0.717) is 19.8 Å². The number of carbonyl (C=O) groups is 1. The van der Waals surface area contributed by atoms with Crippen LogP contribution in [0.15, 0.2) is 0 Å². The van der Waals surface area contributed by atoms with Gasteiger partial charge in [0.25, 0.3) is 0 Å². The van der Waals surface area contributed by atoms with Gasteiger partial charge in [-0.1, -0.05) is 0 Å². The molecule has 7 nitrogen and oxygen atoms in total. The molecule has 2 N–H and O–H groups in total. The predicted octanol–water partition coefficient (Wildman–Crippen LogP) is 0.667. The zero-order valence-corrected chi connectivity index (χ0v) is 15.7. The number of hydrogen-bond acceptors (Lipinski definition) is 6. The van der Waals surface area contributed by atoms with Crippen LogP contribution in [0.1, 0.15) is 34.6 Å². The number of ether oxygens (including phenoxy) is 2. The molecule has 0 aromatic heterocycles. The summed E-state index contributed by atoms with van der Waals surface area (Å²) < 4.78 is 11.1. The van der Waals surface area contributed by atoms with E-state index in [1.54, 1.807) is 0 Å². The lowest BCUT2D eigenvalue weighted by molar-refractivity contribution is -0.0877. The molecule has 2 fully saturated rings. The van der Waals surface area contributed by atoms with E-state index in [4.69, 9.17) is 9.47 Å². The van der Waals surface area contributed by atoms with Gasteiger partial charge in [-0.3, -0.25) is 4.90 Å². The van der Waals surface area contributed by atoms with Crippen molar-refractivity contribution in [1.82, 2.24) is 15.1 Å². The first kappa shape index (κ1) is 19.4. The van der Waals surface area contributed by atoms with Crippen LogP contribution in [-0.4, -0.2) is 90.2 Å². The van der Waals surface area contributed by atoms with E-state index in [1.807, 2.05) is 39.5 Å². The standard InChI is InChI=1S/C17H33N3O4/c1-13-8-18-14(10-20(13)15(22)24-16(2,3)4)9-19-6-7-23-12-17(19,5)11-21/h13-14,18,21H,6-12H2,1-5H3/t13-,14+,17?/m1/s1. The molecule has 2 aliphatic rings. The van der Waals surface area contributed by atoms with Crippen LogP contribution >= 0.6 is 0 Å². The van der Waals surface area contributed by atoms with Crippen molar-refractivity contribution in [3.63, 3.8) is 0 Å². The summed E-state index contributed by atoms with van der Waals surface area (Å²) in [6.07, 6.45) is -0.256. The maximum absolute atomic E-state index is 12.4.